The van der Waals surface area contributed by atoms with Crippen molar-refractivity contribution in [2.75, 3.05) is 38.2 Å². The van der Waals surface area contributed by atoms with E-state index in [1.807, 2.05) is 63.2 Å². The van der Waals surface area contributed by atoms with E-state index in [9.17, 15) is 14.7 Å². The van der Waals surface area contributed by atoms with Crippen LogP contribution >= 0.6 is 0 Å². The number of nitrogens with one attached hydrogen (secondary N) is 1. The summed E-state index contributed by atoms with van der Waals surface area (Å²) in [4.78, 5) is 26.5. The van der Waals surface area contributed by atoms with Crippen LogP contribution in [-0.2, 0) is 27.3 Å². The van der Waals surface area contributed by atoms with Gasteiger partial charge in [-0.15, -0.1) is 0 Å². The van der Waals surface area contributed by atoms with Crippen molar-refractivity contribution >= 4 is 17.7 Å². The summed E-state index contributed by atoms with van der Waals surface area (Å²) in [5, 5.41) is 12.4. The average molecular weight is 563 g/mol. The summed E-state index contributed by atoms with van der Waals surface area (Å²) in [6.45, 7) is 10.4. The number of carboxylic acid groups (broad SMARTS) is 1. The molecule has 3 aromatic carbocycles. The Morgan fingerprint density at radius 3 is 2.22 bits per heavy atom. The van der Waals surface area contributed by atoms with Gasteiger partial charge >= 0.3 is 12.0 Å². The molecule has 3 aromatic rings. The Morgan fingerprint density at radius 1 is 0.902 bits per heavy atom. The molecule has 0 fully saturated rings. The number of rotatable bonds is 16. The summed E-state index contributed by atoms with van der Waals surface area (Å²) >= 11 is 0. The first-order valence-corrected chi connectivity index (χ1v) is 14.1. The zero-order valence-corrected chi connectivity index (χ0v) is 24.5. The number of carboxylic acids is 1. The Labute approximate surface area is 243 Å². The van der Waals surface area contributed by atoms with Crippen LogP contribution in [0, 0.1) is 20.8 Å². The molecule has 0 saturated carbocycles. The highest BCUT2D eigenvalue weighted by Crippen LogP contribution is 2.22. The number of hydrogen-bond donors (Lipinski definition) is 2. The molecular weight excluding hydrogens is 520 g/mol. The first kappa shape index (κ1) is 31.6. The molecule has 0 aliphatic rings. The van der Waals surface area contributed by atoms with Crippen molar-refractivity contribution < 1.29 is 28.9 Å². The second-order valence-electron chi connectivity index (χ2n) is 10.1. The number of hydrogen-bond acceptors (Lipinski definition) is 5. The number of amides is 2. The lowest BCUT2D eigenvalue weighted by molar-refractivity contribution is -0.149. The maximum atomic E-state index is 13.3. The fourth-order valence-electron chi connectivity index (χ4n) is 4.63. The Morgan fingerprint density at radius 2 is 1.59 bits per heavy atom. The van der Waals surface area contributed by atoms with Crippen molar-refractivity contribution in [3.63, 3.8) is 0 Å². The predicted molar refractivity (Wildman–Crippen MR) is 161 cm³/mol. The monoisotopic (exact) mass is 562 g/mol. The molecule has 220 valence electrons. The van der Waals surface area contributed by atoms with E-state index >= 15 is 0 Å². The Kier molecular flexibility index (Phi) is 12.7. The summed E-state index contributed by atoms with van der Waals surface area (Å²) in [7, 11) is 0. The Hall–Kier alpha value is -3.88. The van der Waals surface area contributed by atoms with Gasteiger partial charge in [-0.2, -0.15) is 0 Å². The van der Waals surface area contributed by atoms with Gasteiger partial charge < -0.3 is 29.5 Å². The highest BCUT2D eigenvalue weighted by atomic mass is 16.5. The van der Waals surface area contributed by atoms with E-state index in [0.29, 0.717) is 51.7 Å². The molecule has 8 nitrogen and oxygen atoms in total. The molecule has 0 bridgehead atoms. The second-order valence-corrected chi connectivity index (χ2v) is 10.1. The third-order valence-electron chi connectivity index (χ3n) is 6.64. The SMILES string of the molecule is CCOC(Cc1ccc(OCCN(CCCOCc2ccccc2)C(=O)Nc2c(C)cc(C)cc2C)cc1)C(=O)O. The first-order chi connectivity index (χ1) is 19.8. The quantitative estimate of drug-likeness (QED) is 0.203. The minimum atomic E-state index is -0.980. The zero-order chi connectivity index (χ0) is 29.6. The lowest BCUT2D eigenvalue weighted by atomic mass is 10.1. The van der Waals surface area contributed by atoms with Crippen molar-refractivity contribution in [2.24, 2.45) is 0 Å². The van der Waals surface area contributed by atoms with Crippen LogP contribution in [0.15, 0.2) is 66.7 Å². The number of benzene rings is 3. The highest BCUT2D eigenvalue weighted by molar-refractivity contribution is 5.91. The minimum Gasteiger partial charge on any atom is -0.492 e. The zero-order valence-electron chi connectivity index (χ0n) is 24.5. The lowest BCUT2D eigenvalue weighted by Crippen LogP contribution is -2.39. The van der Waals surface area contributed by atoms with Gasteiger partial charge in [0.2, 0.25) is 0 Å². The topological polar surface area (TPSA) is 97.3 Å². The molecule has 0 heterocycles. The third kappa shape index (κ3) is 10.6. The Balaban J connectivity index is 1.56. The molecule has 0 aliphatic carbocycles. The van der Waals surface area contributed by atoms with Gasteiger partial charge in [-0.25, -0.2) is 9.59 Å². The number of carbonyl (C=O) groups excluding carboxylic acids is 1. The molecule has 0 aromatic heterocycles. The molecule has 41 heavy (non-hydrogen) atoms. The molecule has 0 radical (unpaired) electrons. The van der Waals surface area contributed by atoms with Gasteiger partial charge in [0.25, 0.3) is 0 Å². The molecule has 1 atom stereocenters. The van der Waals surface area contributed by atoms with E-state index in [0.717, 1.165) is 33.5 Å². The average Bonchev–Trinajstić information content (AvgIpc) is 2.94. The number of urea groups is 1. The number of ether oxygens (including phenoxy) is 3. The molecule has 0 aliphatic heterocycles. The summed E-state index contributed by atoms with van der Waals surface area (Å²) in [6.07, 6.45) is 0.0868. The maximum Gasteiger partial charge on any atom is 0.333 e. The van der Waals surface area contributed by atoms with Gasteiger partial charge in [-0.05, 0) is 68.5 Å². The minimum absolute atomic E-state index is 0.183. The normalized spacial score (nSPS) is 11.6. The largest absolute Gasteiger partial charge is 0.492 e. The van der Waals surface area contributed by atoms with Crippen LogP contribution < -0.4 is 10.1 Å². The van der Waals surface area contributed by atoms with Crippen LogP contribution in [0.1, 0.15) is 41.2 Å². The van der Waals surface area contributed by atoms with E-state index in [1.165, 1.54) is 0 Å². The summed E-state index contributed by atoms with van der Waals surface area (Å²) < 4.78 is 17.1. The molecular formula is C33H42N2O6. The fourth-order valence-corrected chi connectivity index (χ4v) is 4.63. The van der Waals surface area contributed by atoms with Crippen molar-refractivity contribution in [3.8, 4) is 5.75 Å². The van der Waals surface area contributed by atoms with Crippen molar-refractivity contribution in [3.05, 3.63) is 94.5 Å². The molecule has 2 N–H and O–H groups in total. The third-order valence-corrected chi connectivity index (χ3v) is 6.64. The number of aliphatic carboxylic acids is 1. The molecule has 2 amide bonds. The van der Waals surface area contributed by atoms with Gasteiger partial charge in [-0.3, -0.25) is 0 Å². The number of nitrogens with zero attached hydrogens (tertiary/aromatic N) is 1. The lowest BCUT2D eigenvalue weighted by Gasteiger charge is -2.24. The standard InChI is InChI=1S/C33H42N2O6/c1-5-40-30(32(36)37)22-27-12-14-29(15-13-27)41-19-17-35(16-9-18-39-23-28-10-7-6-8-11-28)33(38)34-31-25(3)20-24(2)21-26(31)4/h6-8,10-15,20-21,30H,5,9,16-19,22-23H2,1-4H3,(H,34,38)(H,36,37). The van der Waals surface area contributed by atoms with Gasteiger partial charge in [0.15, 0.2) is 6.10 Å². The van der Waals surface area contributed by atoms with Crippen molar-refractivity contribution in [1.82, 2.24) is 4.90 Å². The fraction of sp³-hybridized carbons (Fsp3) is 0.394. The van der Waals surface area contributed by atoms with Crippen LogP contribution in [0.2, 0.25) is 0 Å². The van der Waals surface area contributed by atoms with E-state index in [2.05, 4.69) is 17.4 Å². The van der Waals surface area contributed by atoms with E-state index < -0.39 is 12.1 Å². The number of anilines is 1. The smallest absolute Gasteiger partial charge is 0.333 e. The predicted octanol–water partition coefficient (Wildman–Crippen LogP) is 6.16. The van der Waals surface area contributed by atoms with Gasteiger partial charge in [0.05, 0.1) is 13.2 Å². The molecule has 3 rings (SSSR count). The molecule has 0 spiro atoms. The van der Waals surface area contributed by atoms with Crippen molar-refractivity contribution in [1.29, 1.82) is 0 Å². The molecule has 0 saturated heterocycles. The molecule has 1 unspecified atom stereocenters. The summed E-state index contributed by atoms with van der Waals surface area (Å²) in [5.74, 6) is -0.333. The van der Waals surface area contributed by atoms with Crippen LogP contribution in [0.4, 0.5) is 10.5 Å². The highest BCUT2D eigenvalue weighted by Gasteiger charge is 2.18. The Bertz CT molecular complexity index is 1220. The van der Waals surface area contributed by atoms with Gasteiger partial charge in [-0.1, -0.05) is 60.2 Å². The maximum absolute atomic E-state index is 13.3. The van der Waals surface area contributed by atoms with Crippen LogP contribution in [0.5, 0.6) is 5.75 Å². The number of carbonyl (C=O) groups is 2. The van der Waals surface area contributed by atoms with Crippen LogP contribution in [0.3, 0.4) is 0 Å². The summed E-state index contributed by atoms with van der Waals surface area (Å²) in [6, 6.07) is 21.2. The summed E-state index contributed by atoms with van der Waals surface area (Å²) in [5.41, 5.74) is 5.98. The second kappa shape index (κ2) is 16.4. The van der Waals surface area contributed by atoms with Gasteiger partial charge in [0.1, 0.15) is 12.4 Å². The van der Waals surface area contributed by atoms with E-state index in [4.69, 9.17) is 14.2 Å². The first-order valence-electron chi connectivity index (χ1n) is 14.1. The van der Waals surface area contributed by atoms with Gasteiger partial charge in [0, 0.05) is 31.9 Å². The van der Waals surface area contributed by atoms with Crippen LogP contribution in [0.25, 0.3) is 0 Å². The van der Waals surface area contributed by atoms with Crippen LogP contribution in [-0.4, -0.2) is 61.0 Å². The molecule has 8 heteroatoms. The van der Waals surface area contributed by atoms with E-state index in [1.54, 1.807) is 24.0 Å². The number of aryl methyl sites for hydroxylation is 3. The van der Waals surface area contributed by atoms with Crippen molar-refractivity contribution in [2.45, 2.75) is 53.2 Å². The van der Waals surface area contributed by atoms with E-state index in [-0.39, 0.29) is 12.5 Å².